The number of phenolic OH excluding ortho intramolecular Hbond substituents is 1. The average Bonchev–Trinajstić information content (AvgIpc) is 2.73. The first-order chi connectivity index (χ1) is 8.54. The van der Waals surface area contributed by atoms with E-state index in [4.69, 9.17) is 9.26 Å². The molecule has 5 heteroatoms. The van der Waals surface area contributed by atoms with Gasteiger partial charge in [-0.25, -0.2) is 0 Å². The molecule has 0 aliphatic heterocycles. The summed E-state index contributed by atoms with van der Waals surface area (Å²) >= 11 is 0. The van der Waals surface area contributed by atoms with E-state index >= 15 is 0 Å². The van der Waals surface area contributed by atoms with Crippen molar-refractivity contribution in [2.24, 2.45) is 0 Å². The maximum absolute atomic E-state index is 9.44. The summed E-state index contributed by atoms with van der Waals surface area (Å²) < 4.78 is 10.6. The molecule has 1 heterocycles. The summed E-state index contributed by atoms with van der Waals surface area (Å²) in [5, 5.41) is 13.3. The molecular formula is C13H16N2O3. The highest BCUT2D eigenvalue weighted by atomic mass is 16.5. The van der Waals surface area contributed by atoms with Gasteiger partial charge in [0.15, 0.2) is 6.61 Å². The average molecular weight is 248 g/mol. The van der Waals surface area contributed by atoms with Crippen LogP contribution in [-0.4, -0.2) is 15.2 Å². The predicted molar refractivity (Wildman–Crippen MR) is 65.6 cm³/mol. The molecular weight excluding hydrogens is 232 g/mol. The highest BCUT2D eigenvalue weighted by molar-refractivity contribution is 5.36. The van der Waals surface area contributed by atoms with Crippen LogP contribution in [0.15, 0.2) is 22.7 Å². The zero-order valence-electron chi connectivity index (χ0n) is 10.7. The maximum Gasteiger partial charge on any atom is 0.229 e. The first-order valence-electron chi connectivity index (χ1n) is 5.80. The second-order valence-electron chi connectivity index (χ2n) is 4.50. The zero-order valence-corrected chi connectivity index (χ0v) is 10.7. The van der Waals surface area contributed by atoms with E-state index in [9.17, 15) is 5.11 Å². The molecule has 1 aromatic heterocycles. The van der Waals surface area contributed by atoms with Gasteiger partial charge >= 0.3 is 0 Å². The number of nitrogens with zero attached hydrogens (tertiary/aromatic N) is 2. The number of rotatable bonds is 4. The van der Waals surface area contributed by atoms with Crippen molar-refractivity contribution in [2.45, 2.75) is 33.3 Å². The fourth-order valence-electron chi connectivity index (χ4n) is 1.52. The molecule has 0 spiro atoms. The quantitative estimate of drug-likeness (QED) is 0.901. The SMILES string of the molecule is Cc1cc(O)cc(OCc2noc(C(C)C)n2)c1. The Morgan fingerprint density at radius 1 is 1.33 bits per heavy atom. The van der Waals surface area contributed by atoms with E-state index in [0.29, 0.717) is 17.5 Å². The van der Waals surface area contributed by atoms with Crippen LogP contribution in [0.1, 0.15) is 37.0 Å². The number of hydrogen-bond acceptors (Lipinski definition) is 5. The Balaban J connectivity index is 2.02. The minimum atomic E-state index is 0.181. The van der Waals surface area contributed by atoms with E-state index in [1.165, 1.54) is 0 Å². The molecule has 2 aromatic rings. The van der Waals surface area contributed by atoms with E-state index in [0.717, 1.165) is 5.56 Å². The lowest BCUT2D eigenvalue weighted by Crippen LogP contribution is -1.98. The maximum atomic E-state index is 9.44. The lowest BCUT2D eigenvalue weighted by atomic mass is 10.2. The van der Waals surface area contributed by atoms with Crippen LogP contribution in [0.4, 0.5) is 0 Å². The number of aryl methyl sites for hydroxylation is 1. The number of benzene rings is 1. The second kappa shape index (κ2) is 5.08. The van der Waals surface area contributed by atoms with Crippen molar-refractivity contribution in [3.8, 4) is 11.5 Å². The van der Waals surface area contributed by atoms with Crippen LogP contribution >= 0.6 is 0 Å². The fraction of sp³-hybridized carbons (Fsp3) is 0.385. The third-order valence-electron chi connectivity index (χ3n) is 2.38. The fourth-order valence-corrected chi connectivity index (χ4v) is 1.52. The van der Waals surface area contributed by atoms with E-state index in [2.05, 4.69) is 10.1 Å². The minimum Gasteiger partial charge on any atom is -0.508 e. The molecule has 0 saturated carbocycles. The number of ether oxygens (including phenoxy) is 1. The Morgan fingerprint density at radius 2 is 2.11 bits per heavy atom. The van der Waals surface area contributed by atoms with Gasteiger partial charge in [0.05, 0.1) is 0 Å². The van der Waals surface area contributed by atoms with E-state index in [1.54, 1.807) is 12.1 Å². The molecule has 0 aliphatic rings. The molecule has 0 atom stereocenters. The van der Waals surface area contributed by atoms with Crippen molar-refractivity contribution in [3.05, 3.63) is 35.5 Å². The Morgan fingerprint density at radius 3 is 2.72 bits per heavy atom. The summed E-state index contributed by atoms with van der Waals surface area (Å²) in [7, 11) is 0. The van der Waals surface area contributed by atoms with Gasteiger partial charge in [-0.15, -0.1) is 0 Å². The van der Waals surface area contributed by atoms with Crippen LogP contribution in [0.25, 0.3) is 0 Å². The Bertz CT molecular complexity index is 515. The van der Waals surface area contributed by atoms with Crippen LogP contribution in [0.3, 0.4) is 0 Å². The van der Waals surface area contributed by atoms with Crippen molar-refractivity contribution in [2.75, 3.05) is 0 Å². The van der Waals surface area contributed by atoms with Crippen LogP contribution in [0, 0.1) is 6.92 Å². The lowest BCUT2D eigenvalue weighted by molar-refractivity contribution is 0.283. The van der Waals surface area contributed by atoms with Gasteiger partial charge in [0.2, 0.25) is 11.7 Å². The predicted octanol–water partition coefficient (Wildman–Crippen LogP) is 2.79. The molecule has 5 nitrogen and oxygen atoms in total. The standard InChI is InChI=1S/C13H16N2O3/c1-8(2)13-14-12(15-18-13)7-17-11-5-9(3)4-10(16)6-11/h4-6,8,16H,7H2,1-3H3. The molecule has 1 aromatic carbocycles. The molecule has 0 amide bonds. The molecule has 0 fully saturated rings. The van der Waals surface area contributed by atoms with Gasteiger partial charge in [-0.3, -0.25) is 0 Å². The number of hydrogen-bond donors (Lipinski definition) is 1. The number of aromatic hydroxyl groups is 1. The van der Waals surface area contributed by atoms with Crippen LogP contribution in [0.2, 0.25) is 0 Å². The van der Waals surface area contributed by atoms with E-state index in [1.807, 2.05) is 26.8 Å². The molecule has 0 unspecified atom stereocenters. The van der Waals surface area contributed by atoms with Crippen molar-refractivity contribution >= 4 is 0 Å². The summed E-state index contributed by atoms with van der Waals surface area (Å²) in [4.78, 5) is 4.20. The van der Waals surface area contributed by atoms with E-state index < -0.39 is 0 Å². The Labute approximate surface area is 105 Å². The van der Waals surface area contributed by atoms with Gasteiger partial charge in [-0.1, -0.05) is 19.0 Å². The van der Waals surface area contributed by atoms with Crippen LogP contribution < -0.4 is 4.74 Å². The van der Waals surface area contributed by atoms with Gasteiger partial charge < -0.3 is 14.4 Å². The third-order valence-corrected chi connectivity index (χ3v) is 2.38. The van der Waals surface area contributed by atoms with Gasteiger partial charge in [-0.05, 0) is 24.6 Å². The molecule has 18 heavy (non-hydrogen) atoms. The molecule has 2 rings (SSSR count). The smallest absolute Gasteiger partial charge is 0.229 e. The van der Waals surface area contributed by atoms with E-state index in [-0.39, 0.29) is 18.3 Å². The van der Waals surface area contributed by atoms with Crippen molar-refractivity contribution in [1.29, 1.82) is 0 Å². The third kappa shape index (κ3) is 3.00. The van der Waals surface area contributed by atoms with Gasteiger partial charge in [0, 0.05) is 12.0 Å². The minimum absolute atomic E-state index is 0.181. The first-order valence-corrected chi connectivity index (χ1v) is 5.80. The summed E-state index contributed by atoms with van der Waals surface area (Å²) in [5.74, 6) is 2.07. The molecule has 0 aliphatic carbocycles. The van der Waals surface area contributed by atoms with Gasteiger partial charge in [0.25, 0.3) is 0 Å². The molecule has 0 radical (unpaired) electrons. The largest absolute Gasteiger partial charge is 0.508 e. The highest BCUT2D eigenvalue weighted by Crippen LogP contribution is 2.22. The van der Waals surface area contributed by atoms with Crippen LogP contribution in [-0.2, 0) is 6.61 Å². The summed E-state index contributed by atoms with van der Waals surface area (Å²) in [6.45, 7) is 6.07. The number of phenols is 1. The second-order valence-corrected chi connectivity index (χ2v) is 4.50. The van der Waals surface area contributed by atoms with Crippen molar-refractivity contribution in [1.82, 2.24) is 10.1 Å². The summed E-state index contributed by atoms with van der Waals surface area (Å²) in [6.07, 6.45) is 0. The molecule has 96 valence electrons. The van der Waals surface area contributed by atoms with Crippen LogP contribution in [0.5, 0.6) is 11.5 Å². The Kier molecular flexibility index (Phi) is 3.50. The van der Waals surface area contributed by atoms with Gasteiger partial charge in [-0.2, -0.15) is 4.98 Å². The lowest BCUT2D eigenvalue weighted by Gasteiger charge is -2.05. The number of aromatic nitrogens is 2. The van der Waals surface area contributed by atoms with Crippen molar-refractivity contribution in [3.63, 3.8) is 0 Å². The first kappa shape index (κ1) is 12.4. The van der Waals surface area contributed by atoms with Crippen molar-refractivity contribution < 1.29 is 14.4 Å². The summed E-state index contributed by atoms with van der Waals surface area (Å²) in [5.41, 5.74) is 0.931. The summed E-state index contributed by atoms with van der Waals surface area (Å²) in [6, 6.07) is 5.05. The van der Waals surface area contributed by atoms with Gasteiger partial charge in [0.1, 0.15) is 11.5 Å². The molecule has 1 N–H and O–H groups in total. The molecule has 0 saturated heterocycles. The normalized spacial score (nSPS) is 10.9. The Hall–Kier alpha value is -2.04. The molecule has 0 bridgehead atoms. The monoisotopic (exact) mass is 248 g/mol. The zero-order chi connectivity index (χ0) is 13.1. The highest BCUT2D eigenvalue weighted by Gasteiger charge is 2.10. The topological polar surface area (TPSA) is 68.4 Å².